The zero-order chi connectivity index (χ0) is 27.7. The standard InChI is InChI=1S/C30H30N2O6S/c1-36-28-18-17-25(21-29(28)37-2)39(34,35)32(20-19-23-11-5-3-6-12-23)22-30(33)31-26-15-9-10-16-27(26)38-24-13-7-4-8-14-24/h3-18,21H,19-20,22H2,1-2H3,(H,31,33). The summed E-state index contributed by atoms with van der Waals surface area (Å²) in [5.41, 5.74) is 1.38. The Hall–Kier alpha value is -4.34. The quantitative estimate of drug-likeness (QED) is 0.257. The average molecular weight is 547 g/mol. The van der Waals surface area contributed by atoms with Gasteiger partial charge in [0.1, 0.15) is 5.75 Å². The highest BCUT2D eigenvalue weighted by Crippen LogP contribution is 2.31. The molecule has 0 saturated carbocycles. The lowest BCUT2D eigenvalue weighted by molar-refractivity contribution is -0.116. The topological polar surface area (TPSA) is 94.2 Å². The lowest BCUT2D eigenvalue weighted by Crippen LogP contribution is -2.39. The third kappa shape index (κ3) is 7.16. The second-order valence-electron chi connectivity index (χ2n) is 8.55. The van der Waals surface area contributed by atoms with Crippen LogP contribution in [-0.2, 0) is 21.2 Å². The molecule has 0 saturated heterocycles. The first-order valence-electron chi connectivity index (χ1n) is 12.3. The van der Waals surface area contributed by atoms with Crippen LogP contribution in [0.1, 0.15) is 5.56 Å². The van der Waals surface area contributed by atoms with Gasteiger partial charge in [-0.25, -0.2) is 8.42 Å². The normalized spacial score (nSPS) is 11.2. The number of hydrogen-bond donors (Lipinski definition) is 1. The zero-order valence-electron chi connectivity index (χ0n) is 21.7. The SMILES string of the molecule is COc1ccc(S(=O)(=O)N(CCc2ccccc2)CC(=O)Nc2ccccc2Oc2ccccc2)cc1OC. The van der Waals surface area contributed by atoms with Crippen LogP contribution >= 0.6 is 0 Å². The van der Waals surface area contributed by atoms with Gasteiger partial charge in [-0.05, 0) is 48.4 Å². The number of nitrogens with zero attached hydrogens (tertiary/aromatic N) is 1. The van der Waals surface area contributed by atoms with Crippen molar-refractivity contribution in [3.63, 3.8) is 0 Å². The Labute approximate surface area is 228 Å². The van der Waals surface area contributed by atoms with E-state index in [0.717, 1.165) is 9.87 Å². The number of carbonyl (C=O) groups excluding carboxylic acids is 1. The summed E-state index contributed by atoms with van der Waals surface area (Å²) in [7, 11) is -1.16. The maximum absolute atomic E-state index is 13.7. The van der Waals surface area contributed by atoms with Crippen LogP contribution in [0.15, 0.2) is 108 Å². The van der Waals surface area contributed by atoms with Crippen molar-refractivity contribution in [2.75, 3.05) is 32.6 Å². The van der Waals surface area contributed by atoms with Crippen molar-refractivity contribution in [3.05, 3.63) is 109 Å². The monoisotopic (exact) mass is 546 g/mol. The Morgan fingerprint density at radius 3 is 2.10 bits per heavy atom. The largest absolute Gasteiger partial charge is 0.493 e. The number of para-hydroxylation sites is 3. The highest BCUT2D eigenvalue weighted by Gasteiger charge is 2.28. The fourth-order valence-electron chi connectivity index (χ4n) is 3.93. The Kier molecular flexibility index (Phi) is 9.19. The van der Waals surface area contributed by atoms with E-state index in [0.29, 0.717) is 29.4 Å². The van der Waals surface area contributed by atoms with E-state index in [4.69, 9.17) is 14.2 Å². The molecule has 1 amide bonds. The van der Waals surface area contributed by atoms with Crippen molar-refractivity contribution in [3.8, 4) is 23.0 Å². The van der Waals surface area contributed by atoms with Crippen LogP contribution in [0.25, 0.3) is 0 Å². The molecule has 4 aromatic rings. The van der Waals surface area contributed by atoms with Crippen molar-refractivity contribution in [1.82, 2.24) is 4.31 Å². The van der Waals surface area contributed by atoms with Crippen LogP contribution < -0.4 is 19.5 Å². The van der Waals surface area contributed by atoms with Crippen molar-refractivity contribution >= 4 is 21.6 Å². The van der Waals surface area contributed by atoms with Crippen LogP contribution in [-0.4, -0.2) is 45.9 Å². The van der Waals surface area contributed by atoms with E-state index in [9.17, 15) is 13.2 Å². The molecule has 202 valence electrons. The molecule has 0 bridgehead atoms. The Morgan fingerprint density at radius 2 is 1.41 bits per heavy atom. The molecule has 1 N–H and O–H groups in total. The first-order valence-corrected chi connectivity index (χ1v) is 13.7. The minimum atomic E-state index is -4.07. The second kappa shape index (κ2) is 12.9. The predicted molar refractivity (Wildman–Crippen MR) is 150 cm³/mol. The number of amides is 1. The van der Waals surface area contributed by atoms with Crippen molar-refractivity contribution in [2.24, 2.45) is 0 Å². The highest BCUT2D eigenvalue weighted by molar-refractivity contribution is 7.89. The first kappa shape index (κ1) is 27.7. The summed E-state index contributed by atoms with van der Waals surface area (Å²) in [5, 5.41) is 2.81. The molecule has 39 heavy (non-hydrogen) atoms. The molecule has 0 unspecified atom stereocenters. The van der Waals surface area contributed by atoms with Gasteiger partial charge in [0, 0.05) is 12.6 Å². The van der Waals surface area contributed by atoms with Gasteiger partial charge in [0.15, 0.2) is 17.2 Å². The van der Waals surface area contributed by atoms with Gasteiger partial charge in [-0.3, -0.25) is 4.79 Å². The van der Waals surface area contributed by atoms with Crippen LogP contribution in [0.3, 0.4) is 0 Å². The van der Waals surface area contributed by atoms with Crippen molar-refractivity contribution < 1.29 is 27.4 Å². The van der Waals surface area contributed by atoms with Gasteiger partial charge in [0.25, 0.3) is 0 Å². The van der Waals surface area contributed by atoms with E-state index in [1.165, 1.54) is 32.4 Å². The lowest BCUT2D eigenvalue weighted by atomic mass is 10.1. The molecule has 0 aliphatic rings. The molecule has 0 aliphatic heterocycles. The second-order valence-corrected chi connectivity index (χ2v) is 10.5. The molecule has 0 atom stereocenters. The number of nitrogens with one attached hydrogen (secondary N) is 1. The third-order valence-corrected chi connectivity index (χ3v) is 7.78. The molecule has 9 heteroatoms. The van der Waals surface area contributed by atoms with Gasteiger partial charge in [-0.1, -0.05) is 60.7 Å². The number of hydrogen-bond acceptors (Lipinski definition) is 6. The van der Waals surface area contributed by atoms with Gasteiger partial charge in [0.05, 0.1) is 31.3 Å². The molecule has 0 radical (unpaired) electrons. The molecule has 0 aromatic heterocycles. The number of sulfonamides is 1. The van der Waals surface area contributed by atoms with Crippen LogP contribution in [0.4, 0.5) is 5.69 Å². The molecule has 0 heterocycles. The van der Waals surface area contributed by atoms with E-state index in [1.807, 2.05) is 48.5 Å². The first-order chi connectivity index (χ1) is 18.9. The summed E-state index contributed by atoms with van der Waals surface area (Å²) in [6.07, 6.45) is 0.425. The summed E-state index contributed by atoms with van der Waals surface area (Å²) in [6.45, 7) is -0.306. The van der Waals surface area contributed by atoms with E-state index in [1.54, 1.807) is 36.4 Å². The fraction of sp³-hybridized carbons (Fsp3) is 0.167. The van der Waals surface area contributed by atoms with Gasteiger partial charge in [0.2, 0.25) is 15.9 Å². The minimum absolute atomic E-state index is 0.00572. The van der Waals surface area contributed by atoms with Gasteiger partial charge < -0.3 is 19.5 Å². The number of rotatable bonds is 12. The van der Waals surface area contributed by atoms with Crippen LogP contribution in [0.2, 0.25) is 0 Å². The molecule has 8 nitrogen and oxygen atoms in total. The minimum Gasteiger partial charge on any atom is -0.493 e. The van der Waals surface area contributed by atoms with E-state index >= 15 is 0 Å². The molecule has 0 aliphatic carbocycles. The molecular formula is C30H30N2O6S. The number of carbonyl (C=O) groups is 1. The summed E-state index contributed by atoms with van der Waals surface area (Å²) in [6, 6.07) is 30.0. The van der Waals surface area contributed by atoms with Crippen LogP contribution in [0, 0.1) is 0 Å². The maximum atomic E-state index is 13.7. The highest BCUT2D eigenvalue weighted by atomic mass is 32.2. The molecular weight excluding hydrogens is 516 g/mol. The van der Waals surface area contributed by atoms with Gasteiger partial charge in [-0.2, -0.15) is 4.31 Å². The summed E-state index contributed by atoms with van der Waals surface area (Å²) in [5.74, 6) is 1.23. The number of ether oxygens (including phenoxy) is 3. The number of anilines is 1. The molecule has 4 rings (SSSR count). The van der Waals surface area contributed by atoms with Gasteiger partial charge in [-0.15, -0.1) is 0 Å². The Balaban J connectivity index is 1.58. The number of benzene rings is 4. The van der Waals surface area contributed by atoms with Crippen molar-refractivity contribution in [2.45, 2.75) is 11.3 Å². The summed E-state index contributed by atoms with van der Waals surface area (Å²) < 4.78 is 45.1. The number of methoxy groups -OCH3 is 2. The van der Waals surface area contributed by atoms with E-state index < -0.39 is 22.5 Å². The third-order valence-electron chi connectivity index (χ3n) is 5.94. The lowest BCUT2D eigenvalue weighted by Gasteiger charge is -2.23. The smallest absolute Gasteiger partial charge is 0.243 e. The molecule has 4 aromatic carbocycles. The Morgan fingerprint density at radius 1 is 0.769 bits per heavy atom. The Bertz CT molecular complexity index is 1490. The van der Waals surface area contributed by atoms with E-state index in [-0.39, 0.29) is 17.2 Å². The van der Waals surface area contributed by atoms with Crippen LogP contribution in [0.5, 0.6) is 23.0 Å². The van der Waals surface area contributed by atoms with Crippen molar-refractivity contribution in [1.29, 1.82) is 0 Å². The molecule has 0 fully saturated rings. The summed E-state index contributed by atoms with van der Waals surface area (Å²) >= 11 is 0. The fourth-order valence-corrected chi connectivity index (χ4v) is 5.35. The molecule has 0 spiro atoms. The van der Waals surface area contributed by atoms with E-state index in [2.05, 4.69) is 5.32 Å². The predicted octanol–water partition coefficient (Wildman–Crippen LogP) is 5.37. The zero-order valence-corrected chi connectivity index (χ0v) is 22.6. The maximum Gasteiger partial charge on any atom is 0.243 e. The summed E-state index contributed by atoms with van der Waals surface area (Å²) in [4.78, 5) is 13.2. The average Bonchev–Trinajstić information content (AvgIpc) is 2.96. The van der Waals surface area contributed by atoms with Gasteiger partial charge >= 0.3 is 0 Å².